The molecule has 0 bridgehead atoms. The number of ether oxygens (including phenoxy) is 2. The highest BCUT2D eigenvalue weighted by Gasteiger charge is 2.16. The quantitative estimate of drug-likeness (QED) is 0.774. The number of aromatic nitrogens is 2. The van der Waals surface area contributed by atoms with Gasteiger partial charge in [0.25, 0.3) is 0 Å². The van der Waals surface area contributed by atoms with Gasteiger partial charge in [-0.1, -0.05) is 30.3 Å². The number of methoxy groups -OCH3 is 2. The van der Waals surface area contributed by atoms with Crippen LogP contribution in [0.1, 0.15) is 0 Å². The summed E-state index contributed by atoms with van der Waals surface area (Å²) in [5.74, 6) is 1.81. The molecule has 22 heavy (non-hydrogen) atoms. The van der Waals surface area contributed by atoms with Crippen molar-refractivity contribution < 1.29 is 9.47 Å². The normalized spacial score (nSPS) is 10.5. The maximum Gasteiger partial charge on any atom is 0.161 e. The van der Waals surface area contributed by atoms with E-state index in [1.807, 2.05) is 48.5 Å². The number of hydrogen-bond donors (Lipinski definition) is 2. The highest BCUT2D eigenvalue weighted by molar-refractivity contribution is 5.88. The average Bonchev–Trinajstić information content (AvgIpc) is 2.96. The zero-order chi connectivity index (χ0) is 15.5. The minimum Gasteiger partial charge on any atom is -0.493 e. The van der Waals surface area contributed by atoms with Crippen LogP contribution < -0.4 is 15.2 Å². The Labute approximate surface area is 128 Å². The summed E-state index contributed by atoms with van der Waals surface area (Å²) >= 11 is 0. The van der Waals surface area contributed by atoms with Gasteiger partial charge in [-0.15, -0.1) is 0 Å². The van der Waals surface area contributed by atoms with E-state index in [2.05, 4.69) is 10.2 Å². The number of benzene rings is 2. The third-order valence-electron chi connectivity index (χ3n) is 3.53. The number of nitrogens with zero attached hydrogens (tertiary/aromatic N) is 1. The molecule has 0 saturated carbocycles. The third-order valence-corrected chi connectivity index (χ3v) is 3.53. The van der Waals surface area contributed by atoms with Crippen molar-refractivity contribution in [2.75, 3.05) is 20.0 Å². The summed E-state index contributed by atoms with van der Waals surface area (Å²) in [6, 6.07) is 15.6. The van der Waals surface area contributed by atoms with Crippen molar-refractivity contribution in [3.63, 3.8) is 0 Å². The van der Waals surface area contributed by atoms with Crippen molar-refractivity contribution in [1.82, 2.24) is 10.2 Å². The molecule has 5 nitrogen and oxygen atoms in total. The predicted octanol–water partition coefficient (Wildman–Crippen LogP) is 3.34. The first-order valence-electron chi connectivity index (χ1n) is 6.86. The Bertz CT molecular complexity index is 782. The van der Waals surface area contributed by atoms with Gasteiger partial charge < -0.3 is 15.2 Å². The predicted molar refractivity (Wildman–Crippen MR) is 87.0 cm³/mol. The molecule has 0 spiro atoms. The van der Waals surface area contributed by atoms with E-state index in [0.717, 1.165) is 22.4 Å². The molecule has 0 aliphatic carbocycles. The maximum atomic E-state index is 6.04. The fraction of sp³-hybridized carbons (Fsp3) is 0.118. The van der Waals surface area contributed by atoms with Crippen LogP contribution in [0.3, 0.4) is 0 Å². The van der Waals surface area contributed by atoms with Crippen LogP contribution in [0.5, 0.6) is 11.5 Å². The molecule has 3 rings (SSSR count). The largest absolute Gasteiger partial charge is 0.493 e. The zero-order valence-electron chi connectivity index (χ0n) is 12.5. The van der Waals surface area contributed by atoms with E-state index in [0.29, 0.717) is 17.3 Å². The topological polar surface area (TPSA) is 73.2 Å². The first kappa shape index (κ1) is 14.0. The lowest BCUT2D eigenvalue weighted by Crippen LogP contribution is -1.92. The van der Waals surface area contributed by atoms with Gasteiger partial charge in [-0.2, -0.15) is 5.10 Å². The Balaban J connectivity index is 2.14. The maximum absolute atomic E-state index is 6.04. The molecule has 1 aromatic heterocycles. The van der Waals surface area contributed by atoms with Crippen molar-refractivity contribution >= 4 is 5.82 Å². The lowest BCUT2D eigenvalue weighted by Gasteiger charge is -2.10. The van der Waals surface area contributed by atoms with Crippen LogP contribution in [0.25, 0.3) is 22.4 Å². The highest BCUT2D eigenvalue weighted by atomic mass is 16.5. The Morgan fingerprint density at radius 2 is 1.64 bits per heavy atom. The van der Waals surface area contributed by atoms with Crippen LogP contribution in [0.4, 0.5) is 5.82 Å². The van der Waals surface area contributed by atoms with Gasteiger partial charge in [0.15, 0.2) is 17.3 Å². The van der Waals surface area contributed by atoms with Gasteiger partial charge in [0.05, 0.1) is 25.5 Å². The van der Waals surface area contributed by atoms with Gasteiger partial charge in [-0.3, -0.25) is 5.10 Å². The van der Waals surface area contributed by atoms with Gasteiger partial charge in [-0.05, 0) is 23.8 Å². The van der Waals surface area contributed by atoms with E-state index >= 15 is 0 Å². The van der Waals surface area contributed by atoms with Crippen LogP contribution in [-0.2, 0) is 0 Å². The molecular weight excluding hydrogens is 278 g/mol. The number of hydrogen-bond acceptors (Lipinski definition) is 4. The zero-order valence-corrected chi connectivity index (χ0v) is 12.5. The molecule has 1 heterocycles. The fourth-order valence-electron chi connectivity index (χ4n) is 2.45. The van der Waals surface area contributed by atoms with Crippen molar-refractivity contribution in [1.29, 1.82) is 0 Å². The number of aromatic amines is 1. The fourth-order valence-corrected chi connectivity index (χ4v) is 2.45. The minimum atomic E-state index is 0.469. The molecule has 0 aliphatic rings. The van der Waals surface area contributed by atoms with Gasteiger partial charge in [0, 0.05) is 5.56 Å². The van der Waals surface area contributed by atoms with Crippen molar-refractivity contribution in [3.05, 3.63) is 48.5 Å². The number of H-pyrrole nitrogens is 1. The van der Waals surface area contributed by atoms with Crippen molar-refractivity contribution in [2.24, 2.45) is 0 Å². The molecule has 0 amide bonds. The van der Waals surface area contributed by atoms with Crippen LogP contribution in [0, 0.1) is 0 Å². The van der Waals surface area contributed by atoms with Gasteiger partial charge in [-0.25, -0.2) is 0 Å². The van der Waals surface area contributed by atoms with Crippen molar-refractivity contribution in [2.45, 2.75) is 0 Å². The summed E-state index contributed by atoms with van der Waals surface area (Å²) in [7, 11) is 3.22. The van der Waals surface area contributed by atoms with Crippen LogP contribution in [0.2, 0.25) is 0 Å². The molecule has 0 radical (unpaired) electrons. The Morgan fingerprint density at radius 3 is 2.32 bits per heavy atom. The SMILES string of the molecule is COc1ccc(-c2[nH]nc(N)c2-c2ccccc2)cc1OC. The summed E-state index contributed by atoms with van der Waals surface area (Å²) in [4.78, 5) is 0. The molecule has 3 N–H and O–H groups in total. The summed E-state index contributed by atoms with van der Waals surface area (Å²) < 4.78 is 10.6. The number of nitrogens with two attached hydrogens (primary N) is 1. The Hall–Kier alpha value is -2.95. The van der Waals surface area contributed by atoms with E-state index in [1.54, 1.807) is 14.2 Å². The van der Waals surface area contributed by atoms with E-state index < -0.39 is 0 Å². The number of anilines is 1. The molecule has 0 unspecified atom stereocenters. The number of nitrogen functional groups attached to an aromatic ring is 1. The second-order valence-corrected chi connectivity index (χ2v) is 4.79. The van der Waals surface area contributed by atoms with E-state index in [1.165, 1.54) is 0 Å². The monoisotopic (exact) mass is 295 g/mol. The van der Waals surface area contributed by atoms with E-state index in [4.69, 9.17) is 15.2 Å². The number of rotatable bonds is 4. The molecule has 3 aromatic rings. The number of nitrogens with one attached hydrogen (secondary N) is 1. The van der Waals surface area contributed by atoms with Crippen molar-refractivity contribution in [3.8, 4) is 33.9 Å². The van der Waals surface area contributed by atoms with Gasteiger partial charge in [0.1, 0.15) is 0 Å². The first-order valence-corrected chi connectivity index (χ1v) is 6.86. The average molecular weight is 295 g/mol. The molecule has 0 aliphatic heterocycles. The smallest absolute Gasteiger partial charge is 0.161 e. The Morgan fingerprint density at radius 1 is 0.909 bits per heavy atom. The summed E-state index contributed by atoms with van der Waals surface area (Å²) in [6.45, 7) is 0. The molecule has 0 atom stereocenters. The second-order valence-electron chi connectivity index (χ2n) is 4.79. The first-order chi connectivity index (χ1) is 10.7. The molecule has 0 saturated heterocycles. The van der Waals surface area contributed by atoms with E-state index in [9.17, 15) is 0 Å². The second kappa shape index (κ2) is 5.81. The lowest BCUT2D eigenvalue weighted by atomic mass is 10.0. The summed E-state index contributed by atoms with van der Waals surface area (Å²) in [5.41, 5.74) is 9.72. The summed E-state index contributed by atoms with van der Waals surface area (Å²) in [5, 5.41) is 7.15. The molecule has 2 aromatic carbocycles. The molecule has 112 valence electrons. The minimum absolute atomic E-state index is 0.469. The van der Waals surface area contributed by atoms with Crippen LogP contribution in [0.15, 0.2) is 48.5 Å². The molecular formula is C17H17N3O2. The lowest BCUT2D eigenvalue weighted by molar-refractivity contribution is 0.355. The van der Waals surface area contributed by atoms with E-state index in [-0.39, 0.29) is 0 Å². The summed E-state index contributed by atoms with van der Waals surface area (Å²) in [6.07, 6.45) is 0. The highest BCUT2D eigenvalue weighted by Crippen LogP contribution is 2.38. The Kier molecular flexibility index (Phi) is 3.70. The van der Waals surface area contributed by atoms with Crippen LogP contribution >= 0.6 is 0 Å². The van der Waals surface area contributed by atoms with Gasteiger partial charge in [0.2, 0.25) is 0 Å². The molecule has 0 fully saturated rings. The van der Waals surface area contributed by atoms with Crippen LogP contribution in [-0.4, -0.2) is 24.4 Å². The molecule has 5 heteroatoms. The van der Waals surface area contributed by atoms with Gasteiger partial charge >= 0.3 is 0 Å². The standard InChI is InChI=1S/C17H17N3O2/c1-21-13-9-8-12(10-14(13)22-2)16-15(17(18)20-19-16)11-6-4-3-5-7-11/h3-10H,1-2H3,(H3,18,19,20). The third kappa shape index (κ3) is 2.37.